The van der Waals surface area contributed by atoms with Gasteiger partial charge < -0.3 is 42.5 Å². The molecule has 0 saturated carbocycles. The van der Waals surface area contributed by atoms with Gasteiger partial charge in [0, 0.05) is 31.6 Å². The van der Waals surface area contributed by atoms with Crippen LogP contribution in [0.3, 0.4) is 0 Å². The third kappa shape index (κ3) is 13.5. The van der Waals surface area contributed by atoms with Crippen LogP contribution in [0.5, 0.6) is 0 Å². The SMILES string of the molecule is CCC(=O)N[C@@H](Cc1ccccc1)C(=O)N[C@@H](Cc1ccccc1)C(=O)NC[C@H](N)C(=O)N[C@@H](CC(=O)O)C(=O)NC(CS)C(=O)O. The Balaban J connectivity index is 2.15. The van der Waals surface area contributed by atoms with Gasteiger partial charge in [-0.2, -0.15) is 12.6 Å². The third-order valence-corrected chi connectivity index (χ3v) is 7.18. The maximum atomic E-state index is 13.4. The van der Waals surface area contributed by atoms with Crippen molar-refractivity contribution in [2.75, 3.05) is 12.3 Å². The number of nitrogens with two attached hydrogens (primary N) is 1. The first kappa shape index (κ1) is 38.2. The van der Waals surface area contributed by atoms with Crippen LogP contribution in [0.1, 0.15) is 30.9 Å². The van der Waals surface area contributed by atoms with Crippen LogP contribution >= 0.6 is 12.6 Å². The highest BCUT2D eigenvalue weighted by Gasteiger charge is 2.31. The van der Waals surface area contributed by atoms with E-state index in [0.717, 1.165) is 5.56 Å². The molecule has 0 heterocycles. The average molecular weight is 673 g/mol. The van der Waals surface area contributed by atoms with E-state index in [1.807, 2.05) is 6.07 Å². The number of thiol groups is 1. The molecule has 9 N–H and O–H groups in total. The summed E-state index contributed by atoms with van der Waals surface area (Å²) in [4.78, 5) is 86.9. The normalized spacial score (nSPS) is 13.9. The minimum absolute atomic E-state index is 0.0520. The number of hydrogen-bond acceptors (Lipinski definition) is 9. The van der Waals surface area contributed by atoms with Crippen LogP contribution in [-0.4, -0.2) is 94.2 Å². The molecule has 0 fully saturated rings. The molecule has 1 unspecified atom stereocenters. The fraction of sp³-hybridized carbons (Fsp3) is 0.387. The monoisotopic (exact) mass is 672 g/mol. The Labute approximate surface area is 276 Å². The molecular formula is C31H40N6O9S. The Morgan fingerprint density at radius 3 is 1.62 bits per heavy atom. The topological polar surface area (TPSA) is 246 Å². The number of benzene rings is 2. The van der Waals surface area contributed by atoms with Gasteiger partial charge in [-0.05, 0) is 11.1 Å². The molecule has 0 spiro atoms. The van der Waals surface area contributed by atoms with Crippen LogP contribution in [0.2, 0.25) is 0 Å². The summed E-state index contributed by atoms with van der Waals surface area (Å²) in [7, 11) is 0. The predicted octanol–water partition coefficient (Wildman–Crippen LogP) is -1.25. The summed E-state index contributed by atoms with van der Waals surface area (Å²) in [6.45, 7) is 1.17. The molecule has 0 saturated heterocycles. The van der Waals surface area contributed by atoms with Crippen molar-refractivity contribution < 1.29 is 43.8 Å². The molecule has 2 aromatic carbocycles. The van der Waals surface area contributed by atoms with Gasteiger partial charge in [0.2, 0.25) is 29.5 Å². The van der Waals surface area contributed by atoms with Gasteiger partial charge in [-0.15, -0.1) is 0 Å². The van der Waals surface area contributed by atoms with Crippen molar-refractivity contribution >= 4 is 54.1 Å². The Bertz CT molecular complexity index is 1400. The van der Waals surface area contributed by atoms with Crippen molar-refractivity contribution in [3.63, 3.8) is 0 Å². The van der Waals surface area contributed by atoms with Gasteiger partial charge in [-0.3, -0.25) is 28.8 Å². The van der Waals surface area contributed by atoms with Crippen molar-refractivity contribution in [3.8, 4) is 0 Å². The van der Waals surface area contributed by atoms with Crippen molar-refractivity contribution in [1.29, 1.82) is 0 Å². The molecule has 0 aliphatic carbocycles. The number of nitrogens with one attached hydrogen (secondary N) is 5. The number of carbonyl (C=O) groups excluding carboxylic acids is 5. The van der Waals surface area contributed by atoms with E-state index < -0.39 is 78.7 Å². The standard InChI is InChI=1S/C31H40N6O9S/c1-2-25(38)34-22(14-19-11-7-4-8-12-19)29(43)36-21(13-18-9-5-3-6-10-18)28(42)33-16-20(32)27(41)35-23(15-26(39)40)30(44)37-24(17-47)31(45)46/h3-12,20-24,47H,2,13-17,32H2,1H3,(H,33,42)(H,34,38)(H,35,41)(H,36,43)(H,37,44)(H,39,40)(H,45,46)/t20-,21-,22-,23-,24?/m0/s1. The lowest BCUT2D eigenvalue weighted by Gasteiger charge is -2.24. The molecule has 0 aliphatic rings. The zero-order valence-electron chi connectivity index (χ0n) is 25.7. The number of amides is 5. The lowest BCUT2D eigenvalue weighted by atomic mass is 10.0. The van der Waals surface area contributed by atoms with Gasteiger partial charge >= 0.3 is 11.9 Å². The van der Waals surface area contributed by atoms with Crippen molar-refractivity contribution in [1.82, 2.24) is 26.6 Å². The maximum absolute atomic E-state index is 13.4. The molecule has 2 rings (SSSR count). The molecule has 16 heteroatoms. The largest absolute Gasteiger partial charge is 0.481 e. The summed E-state index contributed by atoms with van der Waals surface area (Å²) in [6.07, 6.45) is -0.526. The van der Waals surface area contributed by atoms with Crippen molar-refractivity contribution in [2.24, 2.45) is 5.73 Å². The van der Waals surface area contributed by atoms with E-state index >= 15 is 0 Å². The van der Waals surface area contributed by atoms with Crippen LogP contribution in [0.25, 0.3) is 0 Å². The number of carbonyl (C=O) groups is 7. The maximum Gasteiger partial charge on any atom is 0.327 e. The molecule has 47 heavy (non-hydrogen) atoms. The minimum atomic E-state index is -1.67. The number of carboxylic acid groups (broad SMARTS) is 2. The molecule has 2 aromatic rings. The first-order valence-electron chi connectivity index (χ1n) is 14.7. The van der Waals surface area contributed by atoms with E-state index in [1.165, 1.54) is 0 Å². The van der Waals surface area contributed by atoms with Crippen molar-refractivity contribution in [2.45, 2.75) is 62.8 Å². The molecule has 0 radical (unpaired) electrons. The van der Waals surface area contributed by atoms with Crippen LogP contribution in [0, 0.1) is 0 Å². The molecular weight excluding hydrogens is 632 g/mol. The lowest BCUT2D eigenvalue weighted by Crippen LogP contribution is -2.58. The molecule has 15 nitrogen and oxygen atoms in total. The zero-order chi connectivity index (χ0) is 34.9. The second-order valence-corrected chi connectivity index (χ2v) is 10.9. The minimum Gasteiger partial charge on any atom is -0.481 e. The molecule has 0 aliphatic heterocycles. The average Bonchev–Trinajstić information content (AvgIpc) is 3.05. The number of carboxylic acids is 2. The highest BCUT2D eigenvalue weighted by atomic mass is 32.1. The van der Waals surface area contributed by atoms with Gasteiger partial charge in [0.05, 0.1) is 6.42 Å². The number of aliphatic carboxylic acids is 2. The molecule has 0 bridgehead atoms. The predicted molar refractivity (Wildman–Crippen MR) is 173 cm³/mol. The summed E-state index contributed by atoms with van der Waals surface area (Å²) >= 11 is 3.83. The quantitative estimate of drug-likeness (QED) is 0.0803. The summed E-state index contributed by atoms with van der Waals surface area (Å²) in [6, 6.07) is 11.1. The van der Waals surface area contributed by atoms with Gasteiger partial charge in [0.1, 0.15) is 30.2 Å². The highest BCUT2D eigenvalue weighted by molar-refractivity contribution is 7.80. The van der Waals surface area contributed by atoms with E-state index in [1.54, 1.807) is 61.5 Å². The Morgan fingerprint density at radius 1 is 0.681 bits per heavy atom. The van der Waals surface area contributed by atoms with E-state index in [4.69, 9.17) is 10.8 Å². The Kier molecular flexibility index (Phi) is 15.9. The summed E-state index contributed by atoms with van der Waals surface area (Å²) in [5, 5.41) is 30.5. The van der Waals surface area contributed by atoms with Crippen LogP contribution in [-0.2, 0) is 46.4 Å². The lowest BCUT2D eigenvalue weighted by molar-refractivity contribution is -0.143. The summed E-state index contributed by atoms with van der Waals surface area (Å²) in [5.74, 6) is -6.92. The Hall–Kier alpha value is -4.96. The van der Waals surface area contributed by atoms with E-state index in [9.17, 15) is 38.7 Å². The molecule has 5 atom stereocenters. The van der Waals surface area contributed by atoms with Crippen LogP contribution in [0.15, 0.2) is 60.7 Å². The van der Waals surface area contributed by atoms with Gasteiger partial charge in [-0.25, -0.2) is 4.79 Å². The summed E-state index contributed by atoms with van der Waals surface area (Å²) in [5.41, 5.74) is 7.42. The Morgan fingerprint density at radius 2 is 1.15 bits per heavy atom. The fourth-order valence-electron chi connectivity index (χ4n) is 4.23. The molecule has 0 aromatic heterocycles. The zero-order valence-corrected chi connectivity index (χ0v) is 26.6. The molecule has 254 valence electrons. The second kappa shape index (κ2) is 19.5. The second-order valence-electron chi connectivity index (χ2n) is 10.5. The fourth-order valence-corrected chi connectivity index (χ4v) is 4.48. The van der Waals surface area contributed by atoms with Gasteiger partial charge in [-0.1, -0.05) is 67.6 Å². The first-order chi connectivity index (χ1) is 22.3. The highest BCUT2D eigenvalue weighted by Crippen LogP contribution is 2.08. The third-order valence-electron chi connectivity index (χ3n) is 6.81. The summed E-state index contributed by atoms with van der Waals surface area (Å²) < 4.78 is 0. The van der Waals surface area contributed by atoms with E-state index in [2.05, 4.69) is 39.2 Å². The smallest absolute Gasteiger partial charge is 0.327 e. The van der Waals surface area contributed by atoms with E-state index in [-0.39, 0.29) is 30.9 Å². The van der Waals surface area contributed by atoms with Gasteiger partial charge in [0.25, 0.3) is 0 Å². The van der Waals surface area contributed by atoms with Crippen LogP contribution < -0.4 is 32.3 Å². The van der Waals surface area contributed by atoms with Gasteiger partial charge in [0.15, 0.2) is 0 Å². The number of rotatable bonds is 19. The molecule has 5 amide bonds. The van der Waals surface area contributed by atoms with E-state index in [0.29, 0.717) is 5.56 Å². The van der Waals surface area contributed by atoms with Crippen molar-refractivity contribution in [3.05, 3.63) is 71.8 Å². The van der Waals surface area contributed by atoms with Crippen LogP contribution in [0.4, 0.5) is 0 Å². The first-order valence-corrected chi connectivity index (χ1v) is 15.3. The number of hydrogen-bond donors (Lipinski definition) is 9.